The molecule has 2 heterocycles. The largest absolute Gasteiger partial charge is 0.380 e. The topological polar surface area (TPSA) is 66.5 Å². The maximum absolute atomic E-state index is 9.10. The maximum Gasteiger partial charge on any atom is 0.143 e. The molecule has 0 bridgehead atoms. The summed E-state index contributed by atoms with van der Waals surface area (Å²) in [7, 11) is 1.93. The van der Waals surface area contributed by atoms with Crippen molar-refractivity contribution in [2.24, 2.45) is 7.05 Å². The number of fused-ring (bicyclic) bond motifs is 1. The zero-order valence-electron chi connectivity index (χ0n) is 12.0. The molecule has 0 aliphatic carbocycles. The summed E-state index contributed by atoms with van der Waals surface area (Å²) in [4.78, 5) is 4.31. The molecule has 0 radical (unpaired) electrons. The van der Waals surface area contributed by atoms with Crippen LogP contribution in [-0.2, 0) is 13.6 Å². The van der Waals surface area contributed by atoms with Crippen LogP contribution in [0.2, 0.25) is 0 Å². The summed E-state index contributed by atoms with van der Waals surface area (Å²) < 4.78 is 1.85. The SMILES string of the molecule is Cc1c(CNc2cc(C#N)nc3ccccc23)cnn1C. The molecule has 1 N–H and O–H groups in total. The smallest absolute Gasteiger partial charge is 0.143 e. The van der Waals surface area contributed by atoms with E-state index in [2.05, 4.69) is 21.5 Å². The quantitative estimate of drug-likeness (QED) is 0.799. The zero-order chi connectivity index (χ0) is 14.8. The van der Waals surface area contributed by atoms with Gasteiger partial charge in [0.05, 0.1) is 11.7 Å². The highest BCUT2D eigenvalue weighted by Gasteiger charge is 2.07. The average Bonchev–Trinajstić information content (AvgIpc) is 2.84. The lowest BCUT2D eigenvalue weighted by Crippen LogP contribution is -2.03. The number of para-hydroxylation sites is 1. The highest BCUT2D eigenvalue weighted by atomic mass is 15.3. The number of benzene rings is 1. The molecular formula is C16H15N5. The van der Waals surface area contributed by atoms with E-state index in [1.54, 1.807) is 6.07 Å². The molecule has 0 aliphatic heterocycles. The van der Waals surface area contributed by atoms with Gasteiger partial charge in [0.25, 0.3) is 0 Å². The average molecular weight is 277 g/mol. The van der Waals surface area contributed by atoms with Crippen molar-refractivity contribution in [1.82, 2.24) is 14.8 Å². The summed E-state index contributed by atoms with van der Waals surface area (Å²) in [6, 6.07) is 11.7. The Morgan fingerprint density at radius 2 is 2.14 bits per heavy atom. The first-order valence-corrected chi connectivity index (χ1v) is 6.70. The van der Waals surface area contributed by atoms with Crippen LogP contribution in [0.3, 0.4) is 0 Å². The van der Waals surface area contributed by atoms with Gasteiger partial charge in [-0.1, -0.05) is 18.2 Å². The second-order valence-corrected chi connectivity index (χ2v) is 4.92. The third kappa shape index (κ3) is 2.43. The van der Waals surface area contributed by atoms with Gasteiger partial charge in [-0.25, -0.2) is 4.98 Å². The summed E-state index contributed by atoms with van der Waals surface area (Å²) in [5.41, 5.74) is 4.42. The monoisotopic (exact) mass is 277 g/mol. The number of pyridine rings is 1. The van der Waals surface area contributed by atoms with Gasteiger partial charge < -0.3 is 5.32 Å². The lowest BCUT2D eigenvalue weighted by Gasteiger charge is -2.10. The summed E-state index contributed by atoms with van der Waals surface area (Å²) in [5.74, 6) is 0. The van der Waals surface area contributed by atoms with E-state index >= 15 is 0 Å². The minimum atomic E-state index is 0.416. The Morgan fingerprint density at radius 3 is 2.86 bits per heavy atom. The van der Waals surface area contributed by atoms with E-state index in [4.69, 9.17) is 5.26 Å². The van der Waals surface area contributed by atoms with Crippen molar-refractivity contribution in [3.05, 3.63) is 53.5 Å². The molecule has 0 unspecified atom stereocenters. The molecule has 0 saturated heterocycles. The Hall–Kier alpha value is -2.87. The second kappa shape index (κ2) is 5.25. The summed E-state index contributed by atoms with van der Waals surface area (Å²) >= 11 is 0. The van der Waals surface area contributed by atoms with Gasteiger partial charge in [-0.15, -0.1) is 0 Å². The first-order chi connectivity index (χ1) is 10.2. The lowest BCUT2D eigenvalue weighted by atomic mass is 10.1. The van der Waals surface area contributed by atoms with Crippen LogP contribution in [0.1, 0.15) is 17.0 Å². The molecule has 2 aromatic heterocycles. The Balaban J connectivity index is 1.96. The predicted octanol–water partition coefficient (Wildman–Crippen LogP) is 2.76. The van der Waals surface area contributed by atoms with Crippen LogP contribution < -0.4 is 5.32 Å². The molecule has 0 amide bonds. The van der Waals surface area contributed by atoms with E-state index in [0.29, 0.717) is 12.2 Å². The van der Waals surface area contributed by atoms with Gasteiger partial charge in [0.2, 0.25) is 0 Å². The molecule has 0 atom stereocenters. The molecule has 5 heteroatoms. The van der Waals surface area contributed by atoms with Crippen LogP contribution in [-0.4, -0.2) is 14.8 Å². The van der Waals surface area contributed by atoms with Gasteiger partial charge in [0.1, 0.15) is 11.8 Å². The van der Waals surface area contributed by atoms with Crippen molar-refractivity contribution >= 4 is 16.6 Å². The standard InChI is InChI=1S/C16H15N5/c1-11-12(10-19-21(11)2)9-18-16-7-13(8-17)20-15-6-4-3-5-14(15)16/h3-7,10H,9H2,1-2H3,(H,18,20). The van der Waals surface area contributed by atoms with Crippen LogP contribution in [0.5, 0.6) is 0 Å². The molecule has 3 aromatic rings. The summed E-state index contributed by atoms with van der Waals surface area (Å²) in [6.45, 7) is 2.70. The van der Waals surface area contributed by atoms with E-state index in [0.717, 1.165) is 27.8 Å². The first-order valence-electron chi connectivity index (χ1n) is 6.70. The Bertz CT molecular complexity index is 841. The van der Waals surface area contributed by atoms with Crippen molar-refractivity contribution < 1.29 is 0 Å². The summed E-state index contributed by atoms with van der Waals surface area (Å²) in [5, 5.41) is 17.7. The number of aromatic nitrogens is 3. The number of anilines is 1. The number of aryl methyl sites for hydroxylation is 1. The van der Waals surface area contributed by atoms with Crippen molar-refractivity contribution in [1.29, 1.82) is 5.26 Å². The summed E-state index contributed by atoms with van der Waals surface area (Å²) in [6.07, 6.45) is 1.86. The highest BCUT2D eigenvalue weighted by Crippen LogP contribution is 2.23. The van der Waals surface area contributed by atoms with Crippen LogP contribution in [0.4, 0.5) is 5.69 Å². The van der Waals surface area contributed by atoms with E-state index < -0.39 is 0 Å². The van der Waals surface area contributed by atoms with E-state index in [1.807, 2.05) is 49.1 Å². The van der Waals surface area contributed by atoms with E-state index in [-0.39, 0.29) is 0 Å². The van der Waals surface area contributed by atoms with Gasteiger partial charge in [-0.05, 0) is 19.1 Å². The third-order valence-electron chi connectivity index (χ3n) is 3.64. The molecule has 0 spiro atoms. The van der Waals surface area contributed by atoms with E-state index in [9.17, 15) is 0 Å². The van der Waals surface area contributed by atoms with Crippen LogP contribution >= 0.6 is 0 Å². The van der Waals surface area contributed by atoms with Crippen molar-refractivity contribution in [3.63, 3.8) is 0 Å². The molecular weight excluding hydrogens is 262 g/mol. The Morgan fingerprint density at radius 1 is 1.33 bits per heavy atom. The minimum Gasteiger partial charge on any atom is -0.380 e. The highest BCUT2D eigenvalue weighted by molar-refractivity contribution is 5.91. The molecule has 104 valence electrons. The molecule has 0 saturated carbocycles. The van der Waals surface area contributed by atoms with E-state index in [1.165, 1.54) is 0 Å². The van der Waals surface area contributed by atoms with Gasteiger partial charge in [-0.2, -0.15) is 10.4 Å². The van der Waals surface area contributed by atoms with Crippen molar-refractivity contribution in [2.45, 2.75) is 13.5 Å². The fraction of sp³-hybridized carbons (Fsp3) is 0.188. The van der Waals surface area contributed by atoms with Gasteiger partial charge in [0, 0.05) is 35.9 Å². The number of nitrogens with one attached hydrogen (secondary N) is 1. The number of rotatable bonds is 3. The molecule has 1 aromatic carbocycles. The van der Waals surface area contributed by atoms with Gasteiger partial charge in [0.15, 0.2) is 0 Å². The number of nitrogens with zero attached hydrogens (tertiary/aromatic N) is 4. The van der Waals surface area contributed by atoms with Crippen LogP contribution in [0, 0.1) is 18.3 Å². The molecule has 5 nitrogen and oxygen atoms in total. The van der Waals surface area contributed by atoms with Crippen LogP contribution in [0.15, 0.2) is 36.5 Å². The van der Waals surface area contributed by atoms with Crippen molar-refractivity contribution in [2.75, 3.05) is 5.32 Å². The molecule has 0 aliphatic rings. The van der Waals surface area contributed by atoms with Gasteiger partial charge >= 0.3 is 0 Å². The predicted molar refractivity (Wildman–Crippen MR) is 81.7 cm³/mol. The number of nitriles is 1. The molecule has 3 rings (SSSR count). The number of hydrogen-bond acceptors (Lipinski definition) is 4. The zero-order valence-corrected chi connectivity index (χ0v) is 12.0. The van der Waals surface area contributed by atoms with Crippen molar-refractivity contribution in [3.8, 4) is 6.07 Å². The Kier molecular flexibility index (Phi) is 3.28. The normalized spacial score (nSPS) is 10.5. The van der Waals surface area contributed by atoms with Gasteiger partial charge in [-0.3, -0.25) is 4.68 Å². The minimum absolute atomic E-state index is 0.416. The number of hydrogen-bond donors (Lipinski definition) is 1. The fourth-order valence-corrected chi connectivity index (χ4v) is 2.29. The van der Waals surface area contributed by atoms with Crippen LogP contribution in [0.25, 0.3) is 10.9 Å². The third-order valence-corrected chi connectivity index (χ3v) is 3.64. The molecule has 21 heavy (non-hydrogen) atoms. The Labute approximate surface area is 122 Å². The maximum atomic E-state index is 9.10. The second-order valence-electron chi connectivity index (χ2n) is 4.92. The fourth-order valence-electron chi connectivity index (χ4n) is 2.29. The first kappa shape index (κ1) is 13.1. The molecule has 0 fully saturated rings. The lowest BCUT2D eigenvalue weighted by molar-refractivity contribution is 0.738.